The van der Waals surface area contributed by atoms with E-state index in [-0.39, 0.29) is 17.3 Å². The van der Waals surface area contributed by atoms with Gasteiger partial charge in [0.1, 0.15) is 5.82 Å². The standard InChI is InChI=1S/C30H27N3O4/c1-36-24-14-13-19(17-25(24)37-2)20-15-22-27(23(34)16-20)26(18-9-5-3-6-10-18)28-29(31-22)32-33(30(28)35)21-11-7-4-8-12-21/h3-14,17,20,26,31-32H,15-16H2,1-2H3/t20-,26-/m0/s1. The van der Waals surface area contributed by atoms with Crippen molar-refractivity contribution in [3.8, 4) is 17.2 Å². The van der Waals surface area contributed by atoms with Crippen LogP contribution in [-0.4, -0.2) is 29.8 Å². The van der Waals surface area contributed by atoms with Crippen LogP contribution in [0.2, 0.25) is 0 Å². The molecule has 1 aliphatic carbocycles. The van der Waals surface area contributed by atoms with Crippen molar-refractivity contribution in [2.45, 2.75) is 24.7 Å². The molecule has 0 saturated carbocycles. The smallest absolute Gasteiger partial charge is 0.277 e. The molecule has 2 heterocycles. The van der Waals surface area contributed by atoms with Gasteiger partial charge in [-0.1, -0.05) is 54.6 Å². The highest BCUT2D eigenvalue weighted by atomic mass is 16.5. The number of anilines is 1. The van der Waals surface area contributed by atoms with E-state index in [4.69, 9.17) is 9.47 Å². The zero-order chi connectivity index (χ0) is 25.5. The summed E-state index contributed by atoms with van der Waals surface area (Å²) in [5.74, 6) is 1.48. The summed E-state index contributed by atoms with van der Waals surface area (Å²) in [5.41, 5.74) is 4.59. The number of nitrogens with one attached hydrogen (secondary N) is 2. The Morgan fingerprint density at radius 3 is 2.22 bits per heavy atom. The molecular weight excluding hydrogens is 466 g/mol. The van der Waals surface area contributed by atoms with Gasteiger partial charge in [0.2, 0.25) is 0 Å². The van der Waals surface area contributed by atoms with Crippen molar-refractivity contribution in [2.75, 3.05) is 19.5 Å². The van der Waals surface area contributed by atoms with E-state index < -0.39 is 5.92 Å². The number of carbonyl (C=O) groups is 1. The molecular formula is C30H27N3O4. The van der Waals surface area contributed by atoms with Gasteiger partial charge in [-0.05, 0) is 47.7 Å². The van der Waals surface area contributed by atoms with Crippen molar-refractivity contribution in [1.29, 1.82) is 0 Å². The number of allylic oxidation sites excluding steroid dienone is 2. The number of ether oxygens (including phenoxy) is 2. The SMILES string of the molecule is COc1ccc([C@@H]2CC(=O)C3=C(C2)Nc2[nH]n(-c4ccccc4)c(=O)c2[C@H]3c2ccccc2)cc1OC. The number of benzene rings is 3. The van der Waals surface area contributed by atoms with Crippen LogP contribution in [0.1, 0.15) is 41.4 Å². The van der Waals surface area contributed by atoms with Crippen LogP contribution in [0.4, 0.5) is 5.82 Å². The normalized spacial score (nSPS) is 18.6. The number of rotatable bonds is 5. The summed E-state index contributed by atoms with van der Waals surface area (Å²) < 4.78 is 12.4. The Kier molecular flexibility index (Phi) is 5.68. The second-order valence-electron chi connectivity index (χ2n) is 9.38. The van der Waals surface area contributed by atoms with E-state index in [0.717, 1.165) is 22.5 Å². The highest BCUT2D eigenvalue weighted by Gasteiger charge is 2.41. The Labute approximate surface area is 214 Å². The Morgan fingerprint density at radius 1 is 0.811 bits per heavy atom. The van der Waals surface area contributed by atoms with Gasteiger partial charge in [-0.3, -0.25) is 14.7 Å². The number of methoxy groups -OCH3 is 2. The molecule has 2 aliphatic rings. The average Bonchev–Trinajstić information content (AvgIpc) is 3.28. The van der Waals surface area contributed by atoms with Crippen LogP contribution in [0.15, 0.2) is 94.9 Å². The van der Waals surface area contributed by atoms with E-state index in [2.05, 4.69) is 10.4 Å². The van der Waals surface area contributed by atoms with Gasteiger partial charge < -0.3 is 14.8 Å². The van der Waals surface area contributed by atoms with Crippen molar-refractivity contribution in [1.82, 2.24) is 9.78 Å². The highest BCUT2D eigenvalue weighted by Crippen LogP contribution is 2.47. The molecule has 0 fully saturated rings. The number of aromatic nitrogens is 2. The summed E-state index contributed by atoms with van der Waals surface area (Å²) in [7, 11) is 3.21. The van der Waals surface area contributed by atoms with E-state index in [0.29, 0.717) is 41.3 Å². The third-order valence-electron chi connectivity index (χ3n) is 7.31. The molecule has 2 N–H and O–H groups in total. The third kappa shape index (κ3) is 3.83. The fraction of sp³-hybridized carbons (Fsp3) is 0.200. The second-order valence-corrected chi connectivity index (χ2v) is 9.38. The highest BCUT2D eigenvalue weighted by molar-refractivity contribution is 6.01. The van der Waals surface area contributed by atoms with Crippen LogP contribution in [0.3, 0.4) is 0 Å². The van der Waals surface area contributed by atoms with Crippen molar-refractivity contribution in [2.24, 2.45) is 0 Å². The zero-order valence-electron chi connectivity index (χ0n) is 20.7. The van der Waals surface area contributed by atoms with Crippen molar-refractivity contribution in [3.63, 3.8) is 0 Å². The van der Waals surface area contributed by atoms with Crippen LogP contribution < -0.4 is 20.3 Å². The van der Waals surface area contributed by atoms with Crippen LogP contribution in [0, 0.1) is 0 Å². The number of H-pyrrole nitrogens is 1. The fourth-order valence-electron chi connectivity index (χ4n) is 5.57. The Hall–Kier alpha value is -4.52. The predicted octanol–water partition coefficient (Wildman–Crippen LogP) is 5.14. The van der Waals surface area contributed by atoms with Gasteiger partial charge >= 0.3 is 0 Å². The van der Waals surface area contributed by atoms with E-state index in [1.165, 1.54) is 0 Å². The second kappa shape index (κ2) is 9.17. The predicted molar refractivity (Wildman–Crippen MR) is 142 cm³/mol. The molecule has 4 aromatic rings. The fourth-order valence-corrected chi connectivity index (χ4v) is 5.57. The van der Waals surface area contributed by atoms with Crippen LogP contribution in [-0.2, 0) is 4.79 Å². The molecule has 0 unspecified atom stereocenters. The Bertz CT molecular complexity index is 1570. The van der Waals surface area contributed by atoms with E-state index in [9.17, 15) is 9.59 Å². The first-order chi connectivity index (χ1) is 18.1. The molecule has 0 saturated heterocycles. The number of nitrogens with zero attached hydrogens (tertiary/aromatic N) is 1. The molecule has 7 nitrogen and oxygen atoms in total. The maximum absolute atomic E-state index is 13.8. The van der Waals surface area contributed by atoms with E-state index >= 15 is 0 Å². The summed E-state index contributed by atoms with van der Waals surface area (Å²) in [6, 6.07) is 25.1. The van der Waals surface area contributed by atoms with Crippen molar-refractivity contribution < 1.29 is 14.3 Å². The summed E-state index contributed by atoms with van der Waals surface area (Å²) in [6.07, 6.45) is 0.990. The zero-order valence-corrected chi connectivity index (χ0v) is 20.7. The molecule has 0 amide bonds. The van der Waals surface area contributed by atoms with Gasteiger partial charge in [-0.25, -0.2) is 4.68 Å². The van der Waals surface area contributed by atoms with Gasteiger partial charge in [0.15, 0.2) is 17.3 Å². The number of hydrogen-bond donors (Lipinski definition) is 2. The quantitative estimate of drug-likeness (QED) is 0.402. The summed E-state index contributed by atoms with van der Waals surface area (Å²) in [6.45, 7) is 0. The lowest BCUT2D eigenvalue weighted by atomic mass is 9.73. The van der Waals surface area contributed by atoms with Crippen molar-refractivity contribution in [3.05, 3.63) is 117 Å². The molecule has 6 rings (SSSR count). The van der Waals surface area contributed by atoms with Gasteiger partial charge in [0.25, 0.3) is 5.56 Å². The minimum Gasteiger partial charge on any atom is -0.493 e. The Morgan fingerprint density at radius 2 is 1.51 bits per heavy atom. The molecule has 186 valence electrons. The summed E-state index contributed by atoms with van der Waals surface area (Å²) >= 11 is 0. The number of Topliss-reactive ketones (excluding diaryl/α,β-unsaturated/α-hetero) is 1. The first-order valence-corrected chi connectivity index (χ1v) is 12.3. The number of hydrogen-bond acceptors (Lipinski definition) is 5. The number of aromatic amines is 1. The van der Waals surface area contributed by atoms with Crippen LogP contribution >= 0.6 is 0 Å². The van der Waals surface area contributed by atoms with Crippen LogP contribution in [0.5, 0.6) is 11.5 Å². The number of carbonyl (C=O) groups excluding carboxylic acids is 1. The maximum Gasteiger partial charge on any atom is 0.277 e. The van der Waals surface area contributed by atoms with Gasteiger partial charge in [-0.2, -0.15) is 0 Å². The molecule has 1 aromatic heterocycles. The number of ketones is 1. The van der Waals surface area contributed by atoms with Gasteiger partial charge in [0, 0.05) is 23.6 Å². The topological polar surface area (TPSA) is 85.4 Å². The maximum atomic E-state index is 13.8. The van der Waals surface area contributed by atoms with Crippen LogP contribution in [0.25, 0.3) is 5.69 Å². The number of fused-ring (bicyclic) bond motifs is 1. The number of para-hydroxylation sites is 1. The van der Waals surface area contributed by atoms with E-state index in [1.54, 1.807) is 18.9 Å². The Balaban J connectivity index is 1.46. The summed E-state index contributed by atoms with van der Waals surface area (Å²) in [4.78, 5) is 27.5. The van der Waals surface area contributed by atoms with Gasteiger partial charge in [0.05, 0.1) is 25.5 Å². The average molecular weight is 494 g/mol. The summed E-state index contributed by atoms with van der Waals surface area (Å²) in [5, 5.41) is 6.70. The van der Waals surface area contributed by atoms with E-state index in [1.807, 2.05) is 78.9 Å². The molecule has 0 spiro atoms. The van der Waals surface area contributed by atoms with Gasteiger partial charge in [-0.15, -0.1) is 0 Å². The molecule has 0 bridgehead atoms. The molecule has 2 atom stereocenters. The first kappa shape index (κ1) is 22.9. The largest absolute Gasteiger partial charge is 0.493 e. The lowest BCUT2D eigenvalue weighted by Gasteiger charge is -2.34. The molecule has 0 radical (unpaired) electrons. The lowest BCUT2D eigenvalue weighted by molar-refractivity contribution is -0.116. The molecule has 7 heteroatoms. The monoisotopic (exact) mass is 493 g/mol. The molecule has 37 heavy (non-hydrogen) atoms. The lowest BCUT2D eigenvalue weighted by Crippen LogP contribution is -2.32. The van der Waals surface area contributed by atoms with Crippen molar-refractivity contribution >= 4 is 11.6 Å². The first-order valence-electron chi connectivity index (χ1n) is 12.3. The minimum absolute atomic E-state index is 0.0283. The molecule has 3 aromatic carbocycles. The molecule has 1 aliphatic heterocycles. The minimum atomic E-state index is -0.444. The third-order valence-corrected chi connectivity index (χ3v) is 7.31.